The van der Waals surface area contributed by atoms with Crippen molar-refractivity contribution in [2.24, 2.45) is 0 Å². The van der Waals surface area contributed by atoms with Gasteiger partial charge < -0.3 is 19.9 Å². The molecule has 5 heterocycles. The molecule has 2 saturated heterocycles. The van der Waals surface area contributed by atoms with E-state index in [0.717, 1.165) is 65.2 Å². The van der Waals surface area contributed by atoms with Gasteiger partial charge in [-0.05, 0) is 18.2 Å². The highest BCUT2D eigenvalue weighted by atomic mass is 32.1. The fourth-order valence-electron chi connectivity index (χ4n) is 5.04. The molecule has 2 aliphatic rings. The van der Waals surface area contributed by atoms with Crippen molar-refractivity contribution in [1.29, 1.82) is 0 Å². The van der Waals surface area contributed by atoms with Gasteiger partial charge in [0.05, 0.1) is 41.7 Å². The monoisotopic (exact) mass is 546 g/mol. The average Bonchev–Trinajstić information content (AvgIpc) is 3.62. The van der Waals surface area contributed by atoms with Gasteiger partial charge in [0.2, 0.25) is 11.8 Å². The summed E-state index contributed by atoms with van der Waals surface area (Å²) < 4.78 is 6.69. The number of anilines is 1. The van der Waals surface area contributed by atoms with Gasteiger partial charge in [-0.25, -0.2) is 9.97 Å². The highest BCUT2D eigenvalue weighted by Gasteiger charge is 2.24. The third-order valence-electron chi connectivity index (χ3n) is 7.14. The fraction of sp³-hybridized carbons (Fsp3) is 0.370. The maximum Gasteiger partial charge on any atom is 0.243 e. The molecule has 0 radical (unpaired) electrons. The van der Waals surface area contributed by atoms with E-state index in [1.54, 1.807) is 16.2 Å². The smallest absolute Gasteiger partial charge is 0.243 e. The lowest BCUT2D eigenvalue weighted by Gasteiger charge is -2.34. The second kappa shape index (κ2) is 11.1. The molecule has 0 atom stereocenters. The molecule has 4 aromatic rings. The number of morpholine rings is 1. The molecule has 0 spiro atoms. The number of nitrogens with one attached hydrogen (secondary N) is 2. The van der Waals surface area contributed by atoms with Crippen LogP contribution in [0.4, 0.5) is 5.82 Å². The molecular weight excluding hydrogens is 516 g/mol. The van der Waals surface area contributed by atoms with Gasteiger partial charge in [0.25, 0.3) is 0 Å². The van der Waals surface area contributed by atoms with Crippen molar-refractivity contribution < 1.29 is 14.3 Å². The van der Waals surface area contributed by atoms with Crippen LogP contribution in [0.2, 0.25) is 0 Å². The lowest BCUT2D eigenvalue weighted by molar-refractivity contribution is -0.133. The van der Waals surface area contributed by atoms with Crippen molar-refractivity contribution in [2.75, 3.05) is 63.9 Å². The molecule has 2 aliphatic heterocycles. The summed E-state index contributed by atoms with van der Waals surface area (Å²) in [5.74, 6) is 1.23. The zero-order chi connectivity index (χ0) is 26.8. The first kappa shape index (κ1) is 25.4. The lowest BCUT2D eigenvalue weighted by atomic mass is 10.1. The molecule has 2 fully saturated rings. The van der Waals surface area contributed by atoms with Crippen LogP contribution in [0.15, 0.2) is 43.1 Å². The van der Waals surface area contributed by atoms with Gasteiger partial charge in [0.15, 0.2) is 11.6 Å². The van der Waals surface area contributed by atoms with Gasteiger partial charge in [0.1, 0.15) is 0 Å². The molecule has 0 unspecified atom stereocenters. The highest BCUT2D eigenvalue weighted by Crippen LogP contribution is 2.36. The molecule has 2 amide bonds. The maximum atomic E-state index is 12.4. The predicted molar refractivity (Wildman–Crippen MR) is 151 cm³/mol. The minimum atomic E-state index is -0.337. The molecule has 12 heteroatoms. The van der Waals surface area contributed by atoms with Gasteiger partial charge in [-0.1, -0.05) is 18.7 Å². The SMILES string of the molecule is C=CC(=O)NCC(=O)N1CCN(Cc2cc3nc(-c4cccc5[nH]ncc45)nc(N4CCOCC4)c3s2)CC1. The minimum absolute atomic E-state index is 0.000967. The third-order valence-corrected chi connectivity index (χ3v) is 8.25. The number of aromatic amines is 1. The van der Waals surface area contributed by atoms with Crippen LogP contribution in [0, 0.1) is 0 Å². The minimum Gasteiger partial charge on any atom is -0.378 e. The van der Waals surface area contributed by atoms with E-state index in [-0.39, 0.29) is 18.4 Å². The van der Waals surface area contributed by atoms with E-state index in [1.807, 2.05) is 24.4 Å². The summed E-state index contributed by atoms with van der Waals surface area (Å²) in [6.45, 7) is 9.93. The summed E-state index contributed by atoms with van der Waals surface area (Å²) in [6, 6.07) is 8.21. The van der Waals surface area contributed by atoms with Crippen molar-refractivity contribution in [1.82, 2.24) is 35.3 Å². The van der Waals surface area contributed by atoms with Crippen LogP contribution in [0.5, 0.6) is 0 Å². The molecule has 6 rings (SSSR count). The maximum absolute atomic E-state index is 12.4. The van der Waals surface area contributed by atoms with Gasteiger partial charge in [-0.15, -0.1) is 11.3 Å². The second-order valence-corrected chi connectivity index (χ2v) is 10.7. The number of H-pyrrole nitrogens is 1. The molecule has 1 aromatic carbocycles. The van der Waals surface area contributed by atoms with E-state index in [2.05, 4.69) is 38.0 Å². The Balaban J connectivity index is 1.23. The number of amides is 2. The number of carbonyl (C=O) groups excluding carboxylic acids is 2. The third kappa shape index (κ3) is 5.35. The van der Waals surface area contributed by atoms with E-state index < -0.39 is 0 Å². The summed E-state index contributed by atoms with van der Waals surface area (Å²) in [5, 5.41) is 10.8. The number of hydrogen-bond donors (Lipinski definition) is 2. The van der Waals surface area contributed by atoms with Gasteiger partial charge >= 0.3 is 0 Å². The molecule has 3 aromatic heterocycles. The summed E-state index contributed by atoms with van der Waals surface area (Å²) >= 11 is 1.74. The van der Waals surface area contributed by atoms with Crippen molar-refractivity contribution in [3.63, 3.8) is 0 Å². The van der Waals surface area contributed by atoms with Crippen molar-refractivity contribution in [3.05, 3.63) is 48.0 Å². The van der Waals surface area contributed by atoms with Crippen LogP contribution in [0.25, 0.3) is 32.5 Å². The number of hydrogen-bond acceptors (Lipinski definition) is 9. The van der Waals surface area contributed by atoms with E-state index >= 15 is 0 Å². The number of benzene rings is 1. The molecule has 39 heavy (non-hydrogen) atoms. The molecule has 0 saturated carbocycles. The zero-order valence-electron chi connectivity index (χ0n) is 21.6. The Morgan fingerprint density at radius 3 is 2.74 bits per heavy atom. The van der Waals surface area contributed by atoms with E-state index in [9.17, 15) is 9.59 Å². The van der Waals surface area contributed by atoms with Gasteiger partial charge in [0, 0.05) is 61.6 Å². The highest BCUT2D eigenvalue weighted by molar-refractivity contribution is 7.19. The molecule has 0 aliphatic carbocycles. The number of nitrogens with zero attached hydrogens (tertiary/aromatic N) is 6. The Morgan fingerprint density at radius 2 is 1.95 bits per heavy atom. The normalized spacial score (nSPS) is 16.6. The van der Waals surface area contributed by atoms with Crippen LogP contribution >= 0.6 is 11.3 Å². The van der Waals surface area contributed by atoms with E-state index in [4.69, 9.17) is 14.7 Å². The molecular formula is C27H30N8O3S. The summed E-state index contributed by atoms with van der Waals surface area (Å²) in [6.07, 6.45) is 3.00. The van der Waals surface area contributed by atoms with Crippen molar-refractivity contribution >= 4 is 50.1 Å². The number of rotatable bonds is 7. The Bertz CT molecular complexity index is 1520. The van der Waals surface area contributed by atoms with Crippen LogP contribution in [-0.2, 0) is 20.9 Å². The Labute approximate surface area is 229 Å². The second-order valence-electron chi connectivity index (χ2n) is 9.61. The lowest BCUT2D eigenvalue weighted by Crippen LogP contribution is -2.50. The van der Waals surface area contributed by atoms with Crippen LogP contribution < -0.4 is 10.2 Å². The standard InChI is InChI=1S/C27H30N8O3S/c1-2-23(36)28-16-24(37)34-8-6-33(7-9-34)17-18-14-22-25(39-18)27(35-10-12-38-13-11-35)31-26(30-22)19-4-3-5-21-20(19)15-29-32-21/h2-5,14-15H,1,6-13,16-17H2,(H,28,36)(H,29,32). The van der Waals surface area contributed by atoms with Gasteiger partial charge in [-0.2, -0.15) is 5.10 Å². The van der Waals surface area contributed by atoms with Crippen molar-refractivity contribution in [2.45, 2.75) is 6.54 Å². The topological polar surface area (TPSA) is 120 Å². The number of aromatic nitrogens is 4. The van der Waals surface area contributed by atoms with Gasteiger partial charge in [-0.3, -0.25) is 19.6 Å². The number of ether oxygens (including phenoxy) is 1. The van der Waals surface area contributed by atoms with Crippen LogP contribution in [-0.4, -0.2) is 101 Å². The van der Waals surface area contributed by atoms with Crippen LogP contribution in [0.1, 0.15) is 4.88 Å². The average molecular weight is 547 g/mol. The Morgan fingerprint density at radius 1 is 1.13 bits per heavy atom. The van der Waals surface area contributed by atoms with E-state index in [1.165, 1.54) is 11.0 Å². The first-order valence-electron chi connectivity index (χ1n) is 13.0. The first-order chi connectivity index (χ1) is 19.1. The molecule has 202 valence electrons. The quantitative estimate of drug-likeness (QED) is 0.338. The number of carbonyl (C=O) groups is 2. The molecule has 0 bridgehead atoms. The number of piperazine rings is 1. The van der Waals surface area contributed by atoms with Crippen LogP contribution in [0.3, 0.4) is 0 Å². The fourth-order valence-corrected chi connectivity index (χ4v) is 6.19. The summed E-state index contributed by atoms with van der Waals surface area (Å²) in [4.78, 5) is 41.6. The number of thiophene rings is 1. The summed E-state index contributed by atoms with van der Waals surface area (Å²) in [5.41, 5.74) is 2.85. The molecule has 2 N–H and O–H groups in total. The largest absolute Gasteiger partial charge is 0.378 e. The Hall–Kier alpha value is -3.87. The van der Waals surface area contributed by atoms with Crippen molar-refractivity contribution in [3.8, 4) is 11.4 Å². The Kier molecular flexibility index (Phi) is 7.22. The molecule has 11 nitrogen and oxygen atoms in total. The number of fused-ring (bicyclic) bond motifs is 2. The summed E-state index contributed by atoms with van der Waals surface area (Å²) in [7, 11) is 0. The van der Waals surface area contributed by atoms with E-state index in [0.29, 0.717) is 32.1 Å². The zero-order valence-corrected chi connectivity index (χ0v) is 22.4. The predicted octanol–water partition coefficient (Wildman–Crippen LogP) is 2.02. The first-order valence-corrected chi connectivity index (χ1v) is 13.9.